The number of benzene rings is 2. The predicted octanol–water partition coefficient (Wildman–Crippen LogP) is 3.50. The topological polar surface area (TPSA) is 55.1 Å². The molecule has 0 unspecified atom stereocenters. The molecule has 0 radical (unpaired) electrons. The standard InChI is InChI=1S/C14H9ClF2N2OS/c15-7-1-3-11(17)9(5-7)14(20)19-12-4-2-8(16)6-10(12)13(18)21/h1-6H,(H2,18,21)(H,19,20). The van der Waals surface area contributed by atoms with E-state index in [9.17, 15) is 13.6 Å². The van der Waals surface area contributed by atoms with Crippen LogP contribution in [-0.2, 0) is 0 Å². The first-order valence-electron chi connectivity index (χ1n) is 5.74. The van der Waals surface area contributed by atoms with E-state index in [0.717, 1.165) is 18.2 Å². The summed E-state index contributed by atoms with van der Waals surface area (Å²) < 4.78 is 26.8. The number of hydrogen-bond acceptors (Lipinski definition) is 2. The quantitative estimate of drug-likeness (QED) is 0.849. The van der Waals surface area contributed by atoms with Crippen molar-refractivity contribution in [2.24, 2.45) is 5.73 Å². The maximum Gasteiger partial charge on any atom is 0.258 e. The summed E-state index contributed by atoms with van der Waals surface area (Å²) >= 11 is 10.5. The van der Waals surface area contributed by atoms with Crippen molar-refractivity contribution in [1.29, 1.82) is 0 Å². The van der Waals surface area contributed by atoms with E-state index < -0.39 is 17.5 Å². The molecule has 7 heteroatoms. The third kappa shape index (κ3) is 3.53. The van der Waals surface area contributed by atoms with Crippen molar-refractivity contribution in [3.05, 3.63) is 64.2 Å². The Balaban J connectivity index is 2.36. The molecule has 2 rings (SSSR count). The molecule has 1 amide bonds. The van der Waals surface area contributed by atoms with E-state index in [1.54, 1.807) is 0 Å². The molecule has 108 valence electrons. The van der Waals surface area contributed by atoms with Crippen molar-refractivity contribution in [2.75, 3.05) is 5.32 Å². The van der Waals surface area contributed by atoms with E-state index in [1.165, 1.54) is 18.2 Å². The summed E-state index contributed by atoms with van der Waals surface area (Å²) in [5.74, 6) is -2.01. The molecule has 0 fully saturated rings. The molecule has 2 aromatic carbocycles. The van der Waals surface area contributed by atoms with Gasteiger partial charge in [-0.15, -0.1) is 0 Å². The van der Waals surface area contributed by atoms with Crippen LogP contribution in [0.15, 0.2) is 36.4 Å². The number of carbonyl (C=O) groups excluding carboxylic acids is 1. The summed E-state index contributed by atoms with van der Waals surface area (Å²) in [6, 6.07) is 7.11. The first-order valence-corrected chi connectivity index (χ1v) is 6.53. The van der Waals surface area contributed by atoms with Gasteiger partial charge in [0, 0.05) is 10.6 Å². The second kappa shape index (κ2) is 6.15. The minimum Gasteiger partial charge on any atom is -0.389 e. The molecule has 0 aliphatic heterocycles. The Kier molecular flexibility index (Phi) is 4.50. The van der Waals surface area contributed by atoms with Gasteiger partial charge < -0.3 is 11.1 Å². The van der Waals surface area contributed by atoms with Crippen molar-refractivity contribution in [2.45, 2.75) is 0 Å². The van der Waals surface area contributed by atoms with Crippen LogP contribution in [0.2, 0.25) is 5.02 Å². The molecule has 0 spiro atoms. The van der Waals surface area contributed by atoms with Gasteiger partial charge >= 0.3 is 0 Å². The summed E-state index contributed by atoms with van der Waals surface area (Å²) in [6.45, 7) is 0. The van der Waals surface area contributed by atoms with Gasteiger partial charge in [0.1, 0.15) is 16.6 Å². The Morgan fingerprint density at radius 2 is 1.86 bits per heavy atom. The molecule has 0 atom stereocenters. The van der Waals surface area contributed by atoms with E-state index in [2.05, 4.69) is 5.32 Å². The van der Waals surface area contributed by atoms with Gasteiger partial charge in [-0.25, -0.2) is 8.78 Å². The molecule has 0 saturated heterocycles. The zero-order valence-corrected chi connectivity index (χ0v) is 12.1. The van der Waals surface area contributed by atoms with Crippen LogP contribution in [0, 0.1) is 11.6 Å². The van der Waals surface area contributed by atoms with E-state index in [-0.39, 0.29) is 26.8 Å². The van der Waals surface area contributed by atoms with Crippen molar-refractivity contribution >= 4 is 40.4 Å². The lowest BCUT2D eigenvalue weighted by molar-refractivity contribution is 0.102. The zero-order chi connectivity index (χ0) is 15.6. The summed E-state index contributed by atoms with van der Waals surface area (Å²) in [7, 11) is 0. The van der Waals surface area contributed by atoms with Crippen LogP contribution in [0.4, 0.5) is 14.5 Å². The molecule has 0 saturated carbocycles. The molecule has 3 nitrogen and oxygen atoms in total. The molecular formula is C14H9ClF2N2OS. The highest BCUT2D eigenvalue weighted by atomic mass is 35.5. The van der Waals surface area contributed by atoms with Crippen LogP contribution in [0.3, 0.4) is 0 Å². The maximum absolute atomic E-state index is 13.6. The number of amides is 1. The van der Waals surface area contributed by atoms with Crippen LogP contribution < -0.4 is 11.1 Å². The average Bonchev–Trinajstić information content (AvgIpc) is 2.43. The minimum atomic E-state index is -0.737. The predicted molar refractivity (Wildman–Crippen MR) is 81.7 cm³/mol. The number of thiocarbonyl (C=S) groups is 1. The number of nitrogens with two attached hydrogens (primary N) is 1. The smallest absolute Gasteiger partial charge is 0.258 e. The Morgan fingerprint density at radius 3 is 2.52 bits per heavy atom. The highest BCUT2D eigenvalue weighted by molar-refractivity contribution is 7.80. The Morgan fingerprint density at radius 1 is 1.14 bits per heavy atom. The third-order valence-corrected chi connectivity index (χ3v) is 3.12. The number of rotatable bonds is 3. The van der Waals surface area contributed by atoms with Gasteiger partial charge in [0.2, 0.25) is 0 Å². The number of anilines is 1. The fraction of sp³-hybridized carbons (Fsp3) is 0. The molecule has 0 heterocycles. The molecule has 0 bridgehead atoms. The van der Waals surface area contributed by atoms with Gasteiger partial charge in [-0.05, 0) is 36.4 Å². The fourth-order valence-corrected chi connectivity index (χ4v) is 2.03. The molecular weight excluding hydrogens is 318 g/mol. The molecule has 3 N–H and O–H groups in total. The average molecular weight is 327 g/mol. The molecule has 21 heavy (non-hydrogen) atoms. The van der Waals surface area contributed by atoms with Crippen LogP contribution in [-0.4, -0.2) is 10.9 Å². The first kappa shape index (κ1) is 15.3. The monoisotopic (exact) mass is 326 g/mol. The van der Waals surface area contributed by atoms with Crippen molar-refractivity contribution < 1.29 is 13.6 Å². The Hall–Kier alpha value is -2.05. The van der Waals surface area contributed by atoms with E-state index in [1.807, 2.05) is 0 Å². The van der Waals surface area contributed by atoms with Gasteiger partial charge in [-0.2, -0.15) is 0 Å². The van der Waals surface area contributed by atoms with E-state index in [4.69, 9.17) is 29.6 Å². The second-order valence-corrected chi connectivity index (χ2v) is 5.01. The minimum absolute atomic E-state index is 0.0867. The summed E-state index contributed by atoms with van der Waals surface area (Å²) in [5.41, 5.74) is 5.58. The van der Waals surface area contributed by atoms with Crippen molar-refractivity contribution in [1.82, 2.24) is 0 Å². The van der Waals surface area contributed by atoms with Crippen LogP contribution in [0.25, 0.3) is 0 Å². The first-order chi connectivity index (χ1) is 9.88. The van der Waals surface area contributed by atoms with Crippen LogP contribution >= 0.6 is 23.8 Å². The fourth-order valence-electron chi connectivity index (χ4n) is 1.69. The summed E-state index contributed by atoms with van der Waals surface area (Å²) in [5, 5.41) is 2.65. The highest BCUT2D eigenvalue weighted by Gasteiger charge is 2.15. The maximum atomic E-state index is 13.6. The third-order valence-electron chi connectivity index (χ3n) is 2.67. The van der Waals surface area contributed by atoms with Gasteiger partial charge in [0.15, 0.2) is 0 Å². The van der Waals surface area contributed by atoms with Crippen molar-refractivity contribution in [3.8, 4) is 0 Å². The van der Waals surface area contributed by atoms with E-state index >= 15 is 0 Å². The molecule has 0 aliphatic carbocycles. The number of carbonyl (C=O) groups is 1. The normalized spacial score (nSPS) is 10.2. The number of nitrogens with one attached hydrogen (secondary N) is 1. The van der Waals surface area contributed by atoms with Gasteiger partial charge in [-0.3, -0.25) is 4.79 Å². The molecule has 2 aromatic rings. The number of halogens is 3. The number of hydrogen-bond donors (Lipinski definition) is 2. The largest absolute Gasteiger partial charge is 0.389 e. The Bertz CT molecular complexity index is 737. The lowest BCUT2D eigenvalue weighted by Gasteiger charge is -2.11. The van der Waals surface area contributed by atoms with Crippen LogP contribution in [0.5, 0.6) is 0 Å². The Labute approximate surface area is 129 Å². The molecule has 0 aromatic heterocycles. The second-order valence-electron chi connectivity index (χ2n) is 4.13. The zero-order valence-electron chi connectivity index (χ0n) is 10.5. The van der Waals surface area contributed by atoms with E-state index in [0.29, 0.717) is 0 Å². The SMILES string of the molecule is NC(=S)c1cc(F)ccc1NC(=O)c1cc(Cl)ccc1F. The van der Waals surface area contributed by atoms with Crippen molar-refractivity contribution in [3.63, 3.8) is 0 Å². The van der Waals surface area contributed by atoms with Crippen LogP contribution in [0.1, 0.15) is 15.9 Å². The van der Waals surface area contributed by atoms with Gasteiger partial charge in [-0.1, -0.05) is 23.8 Å². The summed E-state index contributed by atoms with van der Waals surface area (Å²) in [6.07, 6.45) is 0. The molecule has 0 aliphatic rings. The lowest BCUT2D eigenvalue weighted by Crippen LogP contribution is -2.18. The van der Waals surface area contributed by atoms with Gasteiger partial charge in [0.25, 0.3) is 5.91 Å². The van der Waals surface area contributed by atoms with Gasteiger partial charge in [0.05, 0.1) is 11.3 Å². The summed E-state index contributed by atoms with van der Waals surface area (Å²) in [4.78, 5) is 12.0. The lowest BCUT2D eigenvalue weighted by atomic mass is 10.1. The highest BCUT2D eigenvalue weighted by Crippen LogP contribution is 2.20.